The first-order valence-corrected chi connectivity index (χ1v) is 8.79. The molecule has 0 spiro atoms. The molecule has 0 bridgehead atoms. The van der Waals surface area contributed by atoms with Crippen molar-refractivity contribution in [3.63, 3.8) is 0 Å². The fraction of sp³-hybridized carbons (Fsp3) is 0.0435. The van der Waals surface area contributed by atoms with Crippen LogP contribution in [0.25, 0.3) is 23.1 Å². The lowest BCUT2D eigenvalue weighted by Gasteiger charge is -2.10. The topological polar surface area (TPSA) is 57.8 Å². The maximum absolute atomic E-state index is 12.6. The van der Waals surface area contributed by atoms with Crippen LogP contribution in [0, 0.1) is 6.92 Å². The first kappa shape index (κ1) is 16.8. The van der Waals surface area contributed by atoms with Gasteiger partial charge in [-0.2, -0.15) is 5.10 Å². The first-order valence-electron chi connectivity index (χ1n) is 8.79. The molecule has 2 N–H and O–H groups in total. The summed E-state index contributed by atoms with van der Waals surface area (Å²) >= 11 is 0. The van der Waals surface area contributed by atoms with Crippen LogP contribution in [-0.2, 0) is 0 Å². The van der Waals surface area contributed by atoms with Gasteiger partial charge in [-0.1, -0.05) is 60.7 Å². The summed E-state index contributed by atoms with van der Waals surface area (Å²) in [6, 6.07) is 23.3. The molecule has 0 aliphatic rings. The predicted octanol–water partition coefficient (Wildman–Crippen LogP) is 5.29. The van der Waals surface area contributed by atoms with E-state index < -0.39 is 0 Å². The van der Waals surface area contributed by atoms with Crippen molar-refractivity contribution in [1.29, 1.82) is 0 Å². The maximum Gasteiger partial charge on any atom is 0.255 e. The van der Waals surface area contributed by atoms with E-state index in [1.54, 1.807) is 0 Å². The van der Waals surface area contributed by atoms with E-state index >= 15 is 0 Å². The summed E-state index contributed by atoms with van der Waals surface area (Å²) in [7, 11) is 0. The SMILES string of the molecule is Cc1ccccc1C(=O)Nc1ccccc1/C=C/c1n[nH]c2ccccc12. The van der Waals surface area contributed by atoms with Gasteiger partial charge in [0.2, 0.25) is 0 Å². The second kappa shape index (κ2) is 7.30. The van der Waals surface area contributed by atoms with Gasteiger partial charge in [-0.25, -0.2) is 0 Å². The van der Waals surface area contributed by atoms with Crippen LogP contribution in [-0.4, -0.2) is 16.1 Å². The highest BCUT2D eigenvalue weighted by atomic mass is 16.1. The van der Waals surface area contributed by atoms with E-state index in [-0.39, 0.29) is 5.91 Å². The number of rotatable bonds is 4. The van der Waals surface area contributed by atoms with Crippen LogP contribution < -0.4 is 5.32 Å². The van der Waals surface area contributed by atoms with Gasteiger partial charge in [0.05, 0.1) is 11.2 Å². The normalized spacial score (nSPS) is 11.1. The molecule has 4 heteroatoms. The number of carbonyl (C=O) groups excluding carboxylic acids is 1. The van der Waals surface area contributed by atoms with Crippen molar-refractivity contribution in [2.75, 3.05) is 5.32 Å². The molecular weight excluding hydrogens is 334 g/mol. The van der Waals surface area contributed by atoms with Gasteiger partial charge in [0, 0.05) is 16.6 Å². The second-order valence-corrected chi connectivity index (χ2v) is 6.34. The summed E-state index contributed by atoms with van der Waals surface area (Å²) in [5.74, 6) is -0.112. The quantitative estimate of drug-likeness (QED) is 0.523. The molecule has 0 saturated carbocycles. The van der Waals surface area contributed by atoms with Gasteiger partial charge >= 0.3 is 0 Å². The molecule has 4 rings (SSSR count). The lowest BCUT2D eigenvalue weighted by molar-refractivity contribution is 0.102. The molecule has 4 aromatic rings. The Balaban J connectivity index is 1.62. The molecule has 0 unspecified atom stereocenters. The number of para-hydroxylation sites is 2. The Bertz CT molecular complexity index is 1140. The average molecular weight is 353 g/mol. The molecule has 0 aliphatic heterocycles. The van der Waals surface area contributed by atoms with E-state index in [0.717, 1.165) is 33.4 Å². The highest BCUT2D eigenvalue weighted by Gasteiger charge is 2.10. The first-order chi connectivity index (χ1) is 13.2. The second-order valence-electron chi connectivity index (χ2n) is 6.34. The summed E-state index contributed by atoms with van der Waals surface area (Å²) in [4.78, 5) is 12.6. The van der Waals surface area contributed by atoms with Gasteiger partial charge in [-0.05, 0) is 42.3 Å². The molecule has 27 heavy (non-hydrogen) atoms. The van der Waals surface area contributed by atoms with E-state index in [9.17, 15) is 4.79 Å². The molecule has 0 aliphatic carbocycles. The number of hydrogen-bond acceptors (Lipinski definition) is 2. The molecule has 132 valence electrons. The van der Waals surface area contributed by atoms with Crippen molar-refractivity contribution in [1.82, 2.24) is 10.2 Å². The zero-order valence-corrected chi connectivity index (χ0v) is 14.9. The van der Waals surface area contributed by atoms with E-state index in [0.29, 0.717) is 5.56 Å². The standard InChI is InChI=1S/C23H19N3O/c1-16-8-2-4-10-18(16)23(27)24-20-12-6-3-9-17(20)14-15-22-19-11-5-7-13-21(19)25-26-22/h2-15H,1H3,(H,24,27)(H,25,26)/b15-14+. The lowest BCUT2D eigenvalue weighted by atomic mass is 10.1. The van der Waals surface area contributed by atoms with Gasteiger partial charge in [-0.15, -0.1) is 0 Å². The van der Waals surface area contributed by atoms with Crippen LogP contribution in [0.3, 0.4) is 0 Å². The van der Waals surface area contributed by atoms with Crippen LogP contribution >= 0.6 is 0 Å². The molecule has 0 saturated heterocycles. The number of anilines is 1. The lowest BCUT2D eigenvalue weighted by Crippen LogP contribution is -2.13. The van der Waals surface area contributed by atoms with Gasteiger partial charge in [0.25, 0.3) is 5.91 Å². The largest absolute Gasteiger partial charge is 0.321 e. The Morgan fingerprint density at radius 2 is 1.67 bits per heavy atom. The van der Waals surface area contributed by atoms with Crippen molar-refractivity contribution >= 4 is 34.6 Å². The highest BCUT2D eigenvalue weighted by Crippen LogP contribution is 2.22. The Morgan fingerprint density at radius 3 is 2.56 bits per heavy atom. The monoisotopic (exact) mass is 353 g/mol. The number of nitrogens with zero attached hydrogens (tertiary/aromatic N) is 1. The number of carbonyl (C=O) groups is 1. The fourth-order valence-electron chi connectivity index (χ4n) is 3.05. The molecule has 1 aromatic heterocycles. The van der Waals surface area contributed by atoms with Crippen molar-refractivity contribution in [2.24, 2.45) is 0 Å². The maximum atomic E-state index is 12.6. The third-order valence-electron chi connectivity index (χ3n) is 4.52. The molecule has 0 radical (unpaired) electrons. The highest BCUT2D eigenvalue weighted by molar-refractivity contribution is 6.06. The van der Waals surface area contributed by atoms with Gasteiger partial charge < -0.3 is 5.32 Å². The molecule has 1 heterocycles. The van der Waals surface area contributed by atoms with Crippen molar-refractivity contribution < 1.29 is 4.79 Å². The summed E-state index contributed by atoms with van der Waals surface area (Å²) in [6.45, 7) is 1.93. The number of nitrogens with one attached hydrogen (secondary N) is 2. The smallest absolute Gasteiger partial charge is 0.255 e. The predicted molar refractivity (Wildman–Crippen MR) is 111 cm³/mol. The summed E-state index contributed by atoms with van der Waals surface area (Å²) in [5, 5.41) is 11.5. The van der Waals surface area contributed by atoms with Gasteiger partial charge in [-0.3, -0.25) is 9.89 Å². The Hall–Kier alpha value is -3.66. The number of aromatic amines is 1. The molecule has 0 fully saturated rings. The van der Waals surface area contributed by atoms with Crippen LogP contribution in [0.4, 0.5) is 5.69 Å². The molecule has 1 amide bonds. The number of aryl methyl sites for hydroxylation is 1. The number of hydrogen-bond donors (Lipinski definition) is 2. The molecule has 3 aromatic carbocycles. The van der Waals surface area contributed by atoms with Crippen molar-refractivity contribution in [3.8, 4) is 0 Å². The number of benzene rings is 3. The van der Waals surface area contributed by atoms with Crippen LogP contribution in [0.2, 0.25) is 0 Å². The number of aromatic nitrogens is 2. The molecule has 0 atom stereocenters. The van der Waals surface area contributed by atoms with E-state index in [2.05, 4.69) is 15.5 Å². The van der Waals surface area contributed by atoms with Crippen LogP contribution in [0.15, 0.2) is 72.8 Å². The average Bonchev–Trinajstić information content (AvgIpc) is 3.11. The van der Waals surface area contributed by atoms with Gasteiger partial charge in [0.15, 0.2) is 0 Å². The third kappa shape index (κ3) is 3.51. The Kier molecular flexibility index (Phi) is 4.54. The summed E-state index contributed by atoms with van der Waals surface area (Å²) < 4.78 is 0. The molecular formula is C23H19N3O. The minimum Gasteiger partial charge on any atom is -0.321 e. The van der Waals surface area contributed by atoms with Crippen LogP contribution in [0.1, 0.15) is 27.2 Å². The van der Waals surface area contributed by atoms with Gasteiger partial charge in [0.1, 0.15) is 0 Å². The zero-order chi connectivity index (χ0) is 18.6. The number of H-pyrrole nitrogens is 1. The summed E-state index contributed by atoms with van der Waals surface area (Å²) in [6.07, 6.45) is 3.92. The number of fused-ring (bicyclic) bond motifs is 1. The van der Waals surface area contributed by atoms with E-state index in [4.69, 9.17) is 0 Å². The van der Waals surface area contributed by atoms with Crippen molar-refractivity contribution in [3.05, 3.63) is 95.2 Å². The minimum atomic E-state index is -0.112. The zero-order valence-electron chi connectivity index (χ0n) is 14.9. The minimum absolute atomic E-state index is 0.112. The van der Waals surface area contributed by atoms with Crippen LogP contribution in [0.5, 0.6) is 0 Å². The number of amides is 1. The fourth-order valence-corrected chi connectivity index (χ4v) is 3.05. The molecule has 4 nitrogen and oxygen atoms in total. The Morgan fingerprint density at radius 1 is 0.926 bits per heavy atom. The van der Waals surface area contributed by atoms with Crippen molar-refractivity contribution in [2.45, 2.75) is 6.92 Å². The van der Waals surface area contributed by atoms with E-state index in [1.165, 1.54) is 0 Å². The van der Waals surface area contributed by atoms with E-state index in [1.807, 2.05) is 91.9 Å². The summed E-state index contributed by atoms with van der Waals surface area (Å²) in [5.41, 5.74) is 5.18. The third-order valence-corrected chi connectivity index (χ3v) is 4.52. The Labute approximate surface area is 157 Å².